The lowest BCUT2D eigenvalue weighted by atomic mass is 9.93. The van der Waals surface area contributed by atoms with Gasteiger partial charge in [-0.1, -0.05) is 77.8 Å². The van der Waals surface area contributed by atoms with E-state index in [2.05, 4.69) is 0 Å². The number of aromatic hydroxyl groups is 1. The Kier molecular flexibility index (Phi) is 5.34. The van der Waals surface area contributed by atoms with E-state index in [9.17, 15) is 5.11 Å². The van der Waals surface area contributed by atoms with E-state index in [1.54, 1.807) is 12.3 Å². The van der Waals surface area contributed by atoms with Gasteiger partial charge < -0.3 is 5.11 Å². The fourth-order valence-electron chi connectivity index (χ4n) is 3.25. The molecule has 1 N–H and O–H groups in total. The number of hydrogen-bond donors (Lipinski definition) is 1. The molecule has 0 radical (unpaired) electrons. The standard InChI is InChI=1S/C24H17Cl2NO/c25-19-10-5-16(6-11-19)15-27-24(18-7-12-20(26)13-8-18)23-21-4-2-1-3-17(21)9-14-22(23)28/h1-15,24,28H. The Morgan fingerprint density at radius 3 is 2.11 bits per heavy atom. The average molecular weight is 406 g/mol. The summed E-state index contributed by atoms with van der Waals surface area (Å²) in [5.41, 5.74) is 2.65. The molecule has 4 aromatic carbocycles. The zero-order valence-corrected chi connectivity index (χ0v) is 16.4. The van der Waals surface area contributed by atoms with Crippen LogP contribution in [-0.2, 0) is 0 Å². The maximum Gasteiger partial charge on any atom is 0.121 e. The molecule has 1 atom stereocenters. The van der Waals surface area contributed by atoms with E-state index >= 15 is 0 Å². The SMILES string of the molecule is Oc1ccc2ccccc2c1C(N=Cc1ccc(Cl)cc1)c1ccc(Cl)cc1. The molecule has 138 valence electrons. The molecule has 0 aromatic heterocycles. The van der Waals surface area contributed by atoms with Crippen molar-refractivity contribution in [1.29, 1.82) is 0 Å². The summed E-state index contributed by atoms with van der Waals surface area (Å²) < 4.78 is 0. The third-order valence-electron chi connectivity index (χ3n) is 4.65. The van der Waals surface area contributed by atoms with Gasteiger partial charge in [-0.05, 0) is 52.2 Å². The summed E-state index contributed by atoms with van der Waals surface area (Å²) in [6.45, 7) is 0. The monoisotopic (exact) mass is 405 g/mol. The number of nitrogens with zero attached hydrogens (tertiary/aromatic N) is 1. The first-order valence-corrected chi connectivity index (χ1v) is 9.62. The van der Waals surface area contributed by atoms with Gasteiger partial charge in [-0.15, -0.1) is 0 Å². The van der Waals surface area contributed by atoms with Crippen molar-refractivity contribution >= 4 is 40.2 Å². The Morgan fingerprint density at radius 2 is 1.39 bits per heavy atom. The summed E-state index contributed by atoms with van der Waals surface area (Å²) in [6, 6.07) is 26.3. The quantitative estimate of drug-likeness (QED) is 0.362. The first kappa shape index (κ1) is 18.5. The minimum absolute atomic E-state index is 0.215. The van der Waals surface area contributed by atoms with Crippen LogP contribution in [0, 0.1) is 0 Å². The Hall–Kier alpha value is -2.81. The van der Waals surface area contributed by atoms with Gasteiger partial charge in [-0.3, -0.25) is 4.99 Å². The minimum atomic E-state index is -0.376. The van der Waals surface area contributed by atoms with Gasteiger partial charge in [0.05, 0.1) is 0 Å². The maximum absolute atomic E-state index is 10.7. The van der Waals surface area contributed by atoms with Gasteiger partial charge >= 0.3 is 0 Å². The van der Waals surface area contributed by atoms with Crippen molar-refractivity contribution in [1.82, 2.24) is 0 Å². The second-order valence-electron chi connectivity index (χ2n) is 6.50. The molecule has 4 heteroatoms. The molecule has 0 bridgehead atoms. The molecule has 4 rings (SSSR count). The van der Waals surface area contributed by atoms with Gasteiger partial charge in [-0.25, -0.2) is 0 Å². The van der Waals surface area contributed by atoms with Crippen LogP contribution in [0.15, 0.2) is 89.9 Å². The zero-order chi connectivity index (χ0) is 19.5. The molecule has 0 aliphatic carbocycles. The topological polar surface area (TPSA) is 32.6 Å². The third-order valence-corrected chi connectivity index (χ3v) is 5.15. The first-order valence-electron chi connectivity index (χ1n) is 8.86. The molecule has 1 unspecified atom stereocenters. The van der Waals surface area contributed by atoms with E-state index in [-0.39, 0.29) is 11.8 Å². The van der Waals surface area contributed by atoms with Crippen molar-refractivity contribution in [2.45, 2.75) is 6.04 Å². The number of phenols is 1. The molecular formula is C24H17Cl2NO. The molecule has 0 aliphatic rings. The fraction of sp³-hybridized carbons (Fsp3) is 0.0417. The normalized spacial score (nSPS) is 12.5. The number of aliphatic imine (C=N–C) groups is 1. The molecule has 4 aromatic rings. The Balaban J connectivity index is 1.87. The van der Waals surface area contributed by atoms with Crippen LogP contribution in [0.5, 0.6) is 5.75 Å². The Labute approximate surface area is 173 Å². The van der Waals surface area contributed by atoms with E-state index in [0.717, 1.165) is 27.5 Å². The van der Waals surface area contributed by atoms with Crippen LogP contribution in [0.1, 0.15) is 22.7 Å². The lowest BCUT2D eigenvalue weighted by Crippen LogP contribution is -2.01. The molecule has 28 heavy (non-hydrogen) atoms. The van der Waals surface area contributed by atoms with Crippen LogP contribution in [0.3, 0.4) is 0 Å². The van der Waals surface area contributed by atoms with E-state index in [1.807, 2.05) is 78.9 Å². The smallest absolute Gasteiger partial charge is 0.121 e. The molecule has 0 spiro atoms. The molecule has 0 amide bonds. The van der Waals surface area contributed by atoms with Crippen LogP contribution in [-0.4, -0.2) is 11.3 Å². The minimum Gasteiger partial charge on any atom is -0.508 e. The van der Waals surface area contributed by atoms with Gasteiger partial charge in [0.1, 0.15) is 11.8 Å². The van der Waals surface area contributed by atoms with Crippen molar-refractivity contribution < 1.29 is 5.11 Å². The highest BCUT2D eigenvalue weighted by Crippen LogP contribution is 2.38. The van der Waals surface area contributed by atoms with Crippen molar-refractivity contribution in [3.8, 4) is 5.75 Å². The molecule has 0 fully saturated rings. The lowest BCUT2D eigenvalue weighted by Gasteiger charge is -2.18. The number of benzene rings is 4. The van der Waals surface area contributed by atoms with Crippen LogP contribution < -0.4 is 0 Å². The summed E-state index contributed by atoms with van der Waals surface area (Å²) in [7, 11) is 0. The second kappa shape index (κ2) is 8.05. The highest BCUT2D eigenvalue weighted by Gasteiger charge is 2.19. The average Bonchev–Trinajstić information content (AvgIpc) is 2.72. The largest absolute Gasteiger partial charge is 0.508 e. The highest BCUT2D eigenvalue weighted by atomic mass is 35.5. The van der Waals surface area contributed by atoms with Gasteiger partial charge in [0.15, 0.2) is 0 Å². The summed E-state index contributed by atoms with van der Waals surface area (Å²) >= 11 is 12.1. The predicted octanol–water partition coefficient (Wildman–Crippen LogP) is 7.06. The predicted molar refractivity (Wildman–Crippen MR) is 118 cm³/mol. The molecule has 0 saturated carbocycles. The van der Waals surface area contributed by atoms with Crippen LogP contribution >= 0.6 is 23.2 Å². The summed E-state index contributed by atoms with van der Waals surface area (Å²) in [5.74, 6) is 0.215. The van der Waals surface area contributed by atoms with E-state index in [4.69, 9.17) is 28.2 Å². The number of halogens is 2. The first-order chi connectivity index (χ1) is 13.6. The van der Waals surface area contributed by atoms with Crippen LogP contribution in [0.2, 0.25) is 10.0 Å². The second-order valence-corrected chi connectivity index (χ2v) is 7.38. The van der Waals surface area contributed by atoms with Gasteiger partial charge in [0.2, 0.25) is 0 Å². The Morgan fingerprint density at radius 1 is 0.750 bits per heavy atom. The Bertz CT molecular complexity index is 1140. The third kappa shape index (κ3) is 3.89. The lowest BCUT2D eigenvalue weighted by molar-refractivity contribution is 0.467. The molecule has 0 saturated heterocycles. The molecular weight excluding hydrogens is 389 g/mol. The van der Waals surface area contributed by atoms with Crippen LogP contribution in [0.4, 0.5) is 0 Å². The number of rotatable bonds is 4. The number of phenolic OH excluding ortho intramolecular Hbond substituents is 1. The van der Waals surface area contributed by atoms with Crippen molar-refractivity contribution in [2.75, 3.05) is 0 Å². The van der Waals surface area contributed by atoms with Crippen molar-refractivity contribution in [3.63, 3.8) is 0 Å². The van der Waals surface area contributed by atoms with E-state index in [0.29, 0.717) is 10.0 Å². The van der Waals surface area contributed by atoms with Gasteiger partial charge in [0.25, 0.3) is 0 Å². The maximum atomic E-state index is 10.7. The number of fused-ring (bicyclic) bond motifs is 1. The van der Waals surface area contributed by atoms with E-state index in [1.165, 1.54) is 0 Å². The van der Waals surface area contributed by atoms with E-state index < -0.39 is 0 Å². The van der Waals surface area contributed by atoms with Gasteiger partial charge in [-0.2, -0.15) is 0 Å². The highest BCUT2D eigenvalue weighted by molar-refractivity contribution is 6.30. The summed E-state index contributed by atoms with van der Waals surface area (Å²) in [5, 5.41) is 14.1. The van der Waals surface area contributed by atoms with Gasteiger partial charge in [0, 0.05) is 21.8 Å². The molecule has 0 heterocycles. The number of hydrogen-bond acceptors (Lipinski definition) is 2. The summed E-state index contributed by atoms with van der Waals surface area (Å²) in [6.07, 6.45) is 1.80. The fourth-order valence-corrected chi connectivity index (χ4v) is 3.51. The zero-order valence-electron chi connectivity index (χ0n) is 14.9. The van der Waals surface area contributed by atoms with Crippen LogP contribution in [0.25, 0.3) is 10.8 Å². The van der Waals surface area contributed by atoms with Crippen molar-refractivity contribution in [2.24, 2.45) is 4.99 Å². The molecule has 0 aliphatic heterocycles. The summed E-state index contributed by atoms with van der Waals surface area (Å²) in [4.78, 5) is 4.83. The van der Waals surface area contributed by atoms with Crippen molar-refractivity contribution in [3.05, 3.63) is 112 Å². The molecule has 2 nitrogen and oxygen atoms in total.